The predicted molar refractivity (Wildman–Crippen MR) is 119 cm³/mol. The number of nitrogens with zero attached hydrogens (tertiary/aromatic N) is 1. The minimum atomic E-state index is -0.918. The third-order valence-corrected chi connectivity index (χ3v) is 6.09. The second-order valence-corrected chi connectivity index (χ2v) is 7.91. The molecule has 0 amide bonds. The van der Waals surface area contributed by atoms with Crippen LogP contribution in [0.1, 0.15) is 37.3 Å². The van der Waals surface area contributed by atoms with Crippen molar-refractivity contribution in [2.75, 3.05) is 7.11 Å². The quantitative estimate of drug-likeness (QED) is 0.260. The summed E-state index contributed by atoms with van der Waals surface area (Å²) in [7, 11) is 1.20. The molecule has 0 fully saturated rings. The Morgan fingerprint density at radius 3 is 2.48 bits per heavy atom. The summed E-state index contributed by atoms with van der Waals surface area (Å²) in [4.78, 5) is 24.5. The van der Waals surface area contributed by atoms with Crippen molar-refractivity contribution in [3.8, 4) is 0 Å². The second-order valence-electron chi connectivity index (χ2n) is 6.89. The van der Waals surface area contributed by atoms with Crippen LogP contribution in [0.3, 0.4) is 0 Å². The van der Waals surface area contributed by atoms with Gasteiger partial charge in [0.2, 0.25) is 0 Å². The van der Waals surface area contributed by atoms with Crippen LogP contribution in [0.25, 0.3) is 0 Å². The first kappa shape index (κ1) is 22.4. The minimum absolute atomic E-state index is 0.0280. The molecule has 0 saturated heterocycles. The summed E-state index contributed by atoms with van der Waals surface area (Å²) in [5.74, 6) is 0.0323. The van der Waals surface area contributed by atoms with E-state index in [0.29, 0.717) is 29.1 Å². The summed E-state index contributed by atoms with van der Waals surface area (Å²) in [6, 6.07) is 17.5. The lowest BCUT2D eigenvalue weighted by Crippen LogP contribution is -2.30. The zero-order valence-electron chi connectivity index (χ0n) is 17.6. The number of ether oxygens (including phenoxy) is 2. The molecule has 0 aromatic heterocycles. The molecule has 0 bridgehead atoms. The highest BCUT2D eigenvalue weighted by molar-refractivity contribution is 7.98. The Morgan fingerprint density at radius 1 is 1.16 bits per heavy atom. The van der Waals surface area contributed by atoms with Crippen molar-refractivity contribution in [3.05, 3.63) is 98.7 Å². The number of carbonyl (C=O) groups is 1. The molecule has 7 nitrogen and oxygen atoms in total. The van der Waals surface area contributed by atoms with Crippen molar-refractivity contribution >= 4 is 17.9 Å². The maximum absolute atomic E-state index is 12.1. The van der Waals surface area contributed by atoms with Crippen LogP contribution in [-0.2, 0) is 15.2 Å². The van der Waals surface area contributed by atoms with Gasteiger partial charge in [-0.05, 0) is 30.5 Å². The summed E-state index contributed by atoms with van der Waals surface area (Å²) in [6.07, 6.45) is -0.479. The van der Waals surface area contributed by atoms with Gasteiger partial charge in [-0.15, -0.1) is 11.8 Å². The summed E-state index contributed by atoms with van der Waals surface area (Å²) in [5.41, 5.74) is 2.86. The van der Waals surface area contributed by atoms with Gasteiger partial charge in [0.15, 0.2) is 0 Å². The number of nitro groups is 1. The topological polar surface area (TPSA) is 90.7 Å². The molecular formula is C23H24N2O5S. The highest BCUT2D eigenvalue weighted by atomic mass is 32.2. The van der Waals surface area contributed by atoms with E-state index in [0.717, 1.165) is 10.5 Å². The maximum Gasteiger partial charge on any atom is 0.513 e. The van der Waals surface area contributed by atoms with Gasteiger partial charge in [-0.3, -0.25) is 10.1 Å². The Morgan fingerprint density at radius 2 is 1.84 bits per heavy atom. The molecule has 1 N–H and O–H groups in total. The van der Waals surface area contributed by atoms with E-state index in [9.17, 15) is 14.9 Å². The number of dihydropyridines is 1. The molecule has 1 aliphatic rings. The standard InChI is InChI=1S/C23H24N2O5S/c1-4-18-21(25(27)28)20(22(15(2)24-18)30-23(26)29-3)17-12-8-9-13-19(17)31-14-16-10-6-5-7-11-16/h5-13,20,24H,4,14H2,1-3H3. The molecule has 1 atom stereocenters. The largest absolute Gasteiger partial charge is 0.513 e. The third kappa shape index (κ3) is 5.08. The van der Waals surface area contributed by atoms with E-state index in [4.69, 9.17) is 4.74 Å². The molecule has 1 unspecified atom stereocenters. The van der Waals surface area contributed by atoms with Gasteiger partial charge < -0.3 is 14.8 Å². The van der Waals surface area contributed by atoms with Gasteiger partial charge in [0.25, 0.3) is 5.70 Å². The fraction of sp³-hybridized carbons (Fsp3) is 0.261. The smallest absolute Gasteiger partial charge is 0.437 e. The van der Waals surface area contributed by atoms with Crippen LogP contribution < -0.4 is 5.32 Å². The molecular weight excluding hydrogens is 416 g/mol. The van der Waals surface area contributed by atoms with E-state index in [1.54, 1.807) is 18.7 Å². The lowest BCUT2D eigenvalue weighted by Gasteiger charge is -2.28. The Labute approximate surface area is 185 Å². The van der Waals surface area contributed by atoms with Gasteiger partial charge in [-0.1, -0.05) is 55.5 Å². The number of hydrogen-bond donors (Lipinski definition) is 1. The first-order valence-corrected chi connectivity index (χ1v) is 10.8. The fourth-order valence-electron chi connectivity index (χ4n) is 3.49. The van der Waals surface area contributed by atoms with Gasteiger partial charge in [0, 0.05) is 10.6 Å². The van der Waals surface area contributed by atoms with Crippen LogP contribution >= 0.6 is 11.8 Å². The van der Waals surface area contributed by atoms with Crippen LogP contribution in [0.15, 0.2) is 82.3 Å². The number of nitrogens with one attached hydrogen (secondary N) is 1. The van der Waals surface area contributed by atoms with Gasteiger partial charge in [-0.25, -0.2) is 4.79 Å². The van der Waals surface area contributed by atoms with Crippen molar-refractivity contribution in [3.63, 3.8) is 0 Å². The predicted octanol–water partition coefficient (Wildman–Crippen LogP) is 5.58. The molecule has 2 aromatic carbocycles. The van der Waals surface area contributed by atoms with Crippen LogP contribution in [0.2, 0.25) is 0 Å². The zero-order valence-corrected chi connectivity index (χ0v) is 18.4. The Hall–Kier alpha value is -3.26. The van der Waals surface area contributed by atoms with Gasteiger partial charge in [-0.2, -0.15) is 0 Å². The fourth-order valence-corrected chi connectivity index (χ4v) is 4.54. The number of rotatable bonds is 7. The molecule has 1 aliphatic heterocycles. The molecule has 0 radical (unpaired) electrons. The first-order valence-electron chi connectivity index (χ1n) is 9.82. The van der Waals surface area contributed by atoms with Gasteiger partial charge >= 0.3 is 6.16 Å². The normalized spacial score (nSPS) is 16.0. The molecule has 0 aliphatic carbocycles. The summed E-state index contributed by atoms with van der Waals surface area (Å²) < 4.78 is 10.1. The van der Waals surface area contributed by atoms with Crippen molar-refractivity contribution in [2.24, 2.45) is 0 Å². The monoisotopic (exact) mass is 440 g/mol. The zero-order chi connectivity index (χ0) is 22.4. The molecule has 2 aromatic rings. The molecule has 8 heteroatoms. The summed E-state index contributed by atoms with van der Waals surface area (Å²) >= 11 is 1.58. The third-order valence-electron chi connectivity index (χ3n) is 4.93. The van der Waals surface area contributed by atoms with E-state index in [1.807, 2.05) is 61.5 Å². The molecule has 0 spiro atoms. The van der Waals surface area contributed by atoms with Gasteiger partial charge in [0.1, 0.15) is 11.7 Å². The molecule has 3 rings (SSSR count). The van der Waals surface area contributed by atoms with Crippen molar-refractivity contribution in [1.82, 2.24) is 5.32 Å². The summed E-state index contributed by atoms with van der Waals surface area (Å²) in [6.45, 7) is 3.58. The number of methoxy groups -OCH3 is 1. The molecule has 162 valence electrons. The van der Waals surface area contributed by atoms with Crippen molar-refractivity contribution in [1.29, 1.82) is 0 Å². The maximum atomic E-state index is 12.1. The highest BCUT2D eigenvalue weighted by Crippen LogP contribution is 2.43. The van der Waals surface area contributed by atoms with Crippen LogP contribution in [0, 0.1) is 10.1 Å². The Bertz CT molecular complexity index is 1030. The van der Waals surface area contributed by atoms with Crippen LogP contribution in [-0.4, -0.2) is 18.2 Å². The van der Waals surface area contributed by atoms with E-state index in [-0.39, 0.29) is 11.5 Å². The second kappa shape index (κ2) is 10.2. The van der Waals surface area contributed by atoms with E-state index >= 15 is 0 Å². The van der Waals surface area contributed by atoms with Gasteiger partial charge in [0.05, 0.1) is 23.4 Å². The first-order chi connectivity index (χ1) is 15.0. The highest BCUT2D eigenvalue weighted by Gasteiger charge is 2.41. The van der Waals surface area contributed by atoms with Crippen molar-refractivity contribution < 1.29 is 19.2 Å². The van der Waals surface area contributed by atoms with E-state index in [2.05, 4.69) is 10.1 Å². The average Bonchev–Trinajstić information content (AvgIpc) is 2.79. The number of hydrogen-bond acceptors (Lipinski definition) is 7. The van der Waals surface area contributed by atoms with E-state index in [1.165, 1.54) is 7.11 Å². The number of benzene rings is 2. The van der Waals surface area contributed by atoms with Crippen LogP contribution in [0.4, 0.5) is 4.79 Å². The molecule has 31 heavy (non-hydrogen) atoms. The molecule has 0 saturated carbocycles. The lowest BCUT2D eigenvalue weighted by molar-refractivity contribution is -0.431. The van der Waals surface area contributed by atoms with E-state index < -0.39 is 17.0 Å². The Balaban J connectivity index is 2.08. The SMILES string of the molecule is CCC1=C([N+](=O)[O-])C(c2ccccc2SCc2ccccc2)C(OC(=O)OC)=C(C)N1. The molecule has 1 heterocycles. The minimum Gasteiger partial charge on any atom is -0.437 e. The number of allylic oxidation sites excluding steroid dienone is 2. The van der Waals surface area contributed by atoms with Crippen LogP contribution in [0.5, 0.6) is 0 Å². The number of carbonyl (C=O) groups excluding carboxylic acids is 1. The Kier molecular flexibility index (Phi) is 7.36. The lowest BCUT2D eigenvalue weighted by atomic mass is 9.88. The van der Waals surface area contributed by atoms with Crippen molar-refractivity contribution in [2.45, 2.75) is 36.8 Å². The summed E-state index contributed by atoms with van der Waals surface area (Å²) in [5, 5.41) is 15.1. The average molecular weight is 441 g/mol. The number of thioether (sulfide) groups is 1.